The molecule has 0 bridgehead atoms. The first-order valence-corrected chi connectivity index (χ1v) is 8.03. The predicted octanol–water partition coefficient (Wildman–Crippen LogP) is 4.20. The zero-order valence-electron chi connectivity index (χ0n) is 14.1. The zero-order valence-corrected chi connectivity index (χ0v) is 14.1. The third kappa shape index (κ3) is 4.93. The van der Waals surface area contributed by atoms with E-state index in [1.54, 1.807) is 0 Å². The number of nitrogens with zero attached hydrogens (tertiary/aromatic N) is 1. The van der Waals surface area contributed by atoms with Crippen LogP contribution in [0.5, 0.6) is 0 Å². The van der Waals surface area contributed by atoms with Crippen LogP contribution in [0, 0.1) is 0 Å². The summed E-state index contributed by atoms with van der Waals surface area (Å²) < 4.78 is 4.84. The molecule has 3 heteroatoms. The number of methoxy groups -OCH3 is 1. The lowest BCUT2D eigenvalue weighted by Crippen LogP contribution is -2.36. The fourth-order valence-electron chi connectivity index (χ4n) is 2.83. The van der Waals surface area contributed by atoms with Crippen LogP contribution in [0.2, 0.25) is 0 Å². The number of hydrogen-bond acceptors (Lipinski definition) is 3. The van der Waals surface area contributed by atoms with Gasteiger partial charge in [-0.2, -0.15) is 0 Å². The van der Waals surface area contributed by atoms with Gasteiger partial charge in [0, 0.05) is 18.6 Å². The lowest BCUT2D eigenvalue weighted by atomic mass is 10.0. The predicted molar refractivity (Wildman–Crippen MR) is 92.9 cm³/mol. The third-order valence-corrected chi connectivity index (χ3v) is 4.24. The summed E-state index contributed by atoms with van der Waals surface area (Å²) in [5.74, 6) is -0.171. The van der Waals surface area contributed by atoms with Crippen molar-refractivity contribution in [2.75, 3.05) is 7.11 Å². The lowest BCUT2D eigenvalue weighted by molar-refractivity contribution is -0.142. The van der Waals surface area contributed by atoms with Crippen molar-refractivity contribution in [2.45, 2.75) is 38.9 Å². The Labute approximate surface area is 138 Å². The van der Waals surface area contributed by atoms with E-state index in [1.165, 1.54) is 18.2 Å². The summed E-state index contributed by atoms with van der Waals surface area (Å²) in [6.07, 6.45) is 0.389. The highest BCUT2D eigenvalue weighted by Gasteiger charge is 2.23. The minimum absolute atomic E-state index is 0.0952. The highest BCUT2D eigenvalue weighted by Crippen LogP contribution is 2.26. The number of carbonyl (C=O) groups excluding carboxylic acids is 1. The van der Waals surface area contributed by atoms with Gasteiger partial charge in [-0.15, -0.1) is 0 Å². The molecule has 0 heterocycles. The number of hydrogen-bond donors (Lipinski definition) is 0. The van der Waals surface area contributed by atoms with Crippen molar-refractivity contribution in [3.8, 4) is 0 Å². The van der Waals surface area contributed by atoms with Crippen molar-refractivity contribution in [1.29, 1.82) is 0 Å². The van der Waals surface area contributed by atoms with E-state index in [2.05, 4.69) is 55.1 Å². The summed E-state index contributed by atoms with van der Waals surface area (Å²) in [6.45, 7) is 5.07. The summed E-state index contributed by atoms with van der Waals surface area (Å²) in [5.41, 5.74) is 2.49. The van der Waals surface area contributed by atoms with Gasteiger partial charge in [0.25, 0.3) is 0 Å². The van der Waals surface area contributed by atoms with Crippen molar-refractivity contribution in [3.63, 3.8) is 0 Å². The van der Waals surface area contributed by atoms with E-state index < -0.39 is 0 Å². The zero-order chi connectivity index (χ0) is 16.7. The van der Waals surface area contributed by atoms with Gasteiger partial charge in [-0.25, -0.2) is 0 Å². The molecule has 0 fully saturated rings. The molecule has 0 aliphatic rings. The SMILES string of the molecule is COC(=O)C[C@@H](C)N(Cc1ccccc1)[C@H](C)c1ccccc1. The maximum Gasteiger partial charge on any atom is 0.307 e. The molecule has 3 nitrogen and oxygen atoms in total. The van der Waals surface area contributed by atoms with Gasteiger partial charge in [0.05, 0.1) is 13.5 Å². The Balaban J connectivity index is 2.21. The van der Waals surface area contributed by atoms with E-state index in [0.717, 1.165) is 6.54 Å². The Hall–Kier alpha value is -2.13. The molecule has 122 valence electrons. The number of carbonyl (C=O) groups is 1. The fraction of sp³-hybridized carbons (Fsp3) is 0.350. The van der Waals surface area contributed by atoms with E-state index in [9.17, 15) is 4.79 Å². The van der Waals surface area contributed by atoms with Crippen molar-refractivity contribution in [2.24, 2.45) is 0 Å². The molecule has 2 rings (SSSR count). The van der Waals surface area contributed by atoms with Gasteiger partial charge in [-0.1, -0.05) is 60.7 Å². The van der Waals surface area contributed by atoms with Gasteiger partial charge in [-0.05, 0) is 25.0 Å². The largest absolute Gasteiger partial charge is 0.469 e. The Bertz CT molecular complexity index is 598. The van der Waals surface area contributed by atoms with Gasteiger partial charge in [0.15, 0.2) is 0 Å². The van der Waals surface area contributed by atoms with Crippen molar-refractivity contribution in [1.82, 2.24) is 4.90 Å². The molecule has 0 radical (unpaired) electrons. The monoisotopic (exact) mass is 311 g/mol. The van der Waals surface area contributed by atoms with E-state index in [4.69, 9.17) is 4.74 Å². The Morgan fingerprint density at radius 2 is 1.57 bits per heavy atom. The Morgan fingerprint density at radius 3 is 2.13 bits per heavy atom. The minimum Gasteiger partial charge on any atom is -0.469 e. The highest BCUT2D eigenvalue weighted by atomic mass is 16.5. The second-order valence-electron chi connectivity index (χ2n) is 5.87. The summed E-state index contributed by atoms with van der Waals surface area (Å²) in [7, 11) is 1.44. The summed E-state index contributed by atoms with van der Waals surface area (Å²) in [5, 5.41) is 0. The molecule has 0 aliphatic carbocycles. The molecular weight excluding hydrogens is 286 g/mol. The second-order valence-corrected chi connectivity index (χ2v) is 5.87. The normalized spacial score (nSPS) is 13.6. The maximum absolute atomic E-state index is 11.7. The molecule has 2 aromatic rings. The molecule has 2 aromatic carbocycles. The van der Waals surface area contributed by atoms with Crippen molar-refractivity contribution < 1.29 is 9.53 Å². The van der Waals surface area contributed by atoms with E-state index in [0.29, 0.717) is 6.42 Å². The number of ether oxygens (including phenoxy) is 1. The van der Waals surface area contributed by atoms with Crippen LogP contribution in [0.4, 0.5) is 0 Å². The van der Waals surface area contributed by atoms with Gasteiger partial charge < -0.3 is 4.74 Å². The average molecular weight is 311 g/mol. The van der Waals surface area contributed by atoms with Gasteiger partial charge in [0.1, 0.15) is 0 Å². The van der Waals surface area contributed by atoms with E-state index in [-0.39, 0.29) is 18.1 Å². The molecule has 0 saturated heterocycles. The summed E-state index contributed by atoms with van der Waals surface area (Å²) >= 11 is 0. The molecular formula is C20H25NO2. The molecule has 0 spiro atoms. The second kappa shape index (κ2) is 8.49. The first-order valence-electron chi connectivity index (χ1n) is 8.03. The quantitative estimate of drug-likeness (QED) is 0.718. The first-order chi connectivity index (χ1) is 11.1. The average Bonchev–Trinajstić information content (AvgIpc) is 2.60. The topological polar surface area (TPSA) is 29.5 Å². The van der Waals surface area contributed by atoms with Crippen LogP contribution >= 0.6 is 0 Å². The molecule has 0 aromatic heterocycles. The summed E-state index contributed by atoms with van der Waals surface area (Å²) in [6, 6.07) is 21.1. The number of rotatable bonds is 7. The van der Waals surface area contributed by atoms with Crippen LogP contribution in [0.1, 0.15) is 37.4 Å². The summed E-state index contributed by atoms with van der Waals surface area (Å²) in [4.78, 5) is 14.0. The van der Waals surface area contributed by atoms with E-state index in [1.807, 2.05) is 24.3 Å². The van der Waals surface area contributed by atoms with Crippen molar-refractivity contribution >= 4 is 5.97 Å². The number of esters is 1. The third-order valence-electron chi connectivity index (χ3n) is 4.24. The molecule has 2 atom stereocenters. The number of benzene rings is 2. The maximum atomic E-state index is 11.7. The molecule has 0 aliphatic heterocycles. The van der Waals surface area contributed by atoms with Gasteiger partial charge in [0.2, 0.25) is 0 Å². The minimum atomic E-state index is -0.171. The van der Waals surface area contributed by atoms with Crippen LogP contribution in [-0.4, -0.2) is 24.0 Å². The Morgan fingerprint density at radius 1 is 1.00 bits per heavy atom. The van der Waals surface area contributed by atoms with Crippen LogP contribution in [0.25, 0.3) is 0 Å². The van der Waals surface area contributed by atoms with Gasteiger partial charge >= 0.3 is 5.97 Å². The molecule has 23 heavy (non-hydrogen) atoms. The Kier molecular flexibility index (Phi) is 6.36. The van der Waals surface area contributed by atoms with Gasteiger partial charge in [-0.3, -0.25) is 9.69 Å². The van der Waals surface area contributed by atoms with Crippen LogP contribution in [0.3, 0.4) is 0 Å². The fourth-order valence-corrected chi connectivity index (χ4v) is 2.83. The molecule has 0 amide bonds. The molecule has 0 unspecified atom stereocenters. The van der Waals surface area contributed by atoms with Crippen LogP contribution < -0.4 is 0 Å². The smallest absolute Gasteiger partial charge is 0.307 e. The standard InChI is InChI=1S/C20H25NO2/c1-16(14-20(22)23-3)21(15-18-10-6-4-7-11-18)17(2)19-12-8-5-9-13-19/h4-13,16-17H,14-15H2,1-3H3/t16-,17-/m1/s1. The van der Waals surface area contributed by atoms with Crippen molar-refractivity contribution in [3.05, 3.63) is 71.8 Å². The van der Waals surface area contributed by atoms with Crippen LogP contribution in [-0.2, 0) is 16.1 Å². The molecule has 0 N–H and O–H groups in total. The molecule has 0 saturated carbocycles. The van der Waals surface area contributed by atoms with Crippen LogP contribution in [0.15, 0.2) is 60.7 Å². The first kappa shape index (κ1) is 17.2. The highest BCUT2D eigenvalue weighted by molar-refractivity contribution is 5.69. The lowest BCUT2D eigenvalue weighted by Gasteiger charge is -2.34. The van der Waals surface area contributed by atoms with E-state index >= 15 is 0 Å².